The lowest BCUT2D eigenvalue weighted by molar-refractivity contribution is 0.101. The molecule has 0 saturated heterocycles. The zero-order valence-corrected chi connectivity index (χ0v) is 17.2. The van der Waals surface area contributed by atoms with Crippen LogP contribution in [0.25, 0.3) is 0 Å². The molecule has 2 N–H and O–H groups in total. The van der Waals surface area contributed by atoms with E-state index in [9.17, 15) is 18.0 Å². The molecule has 30 heavy (non-hydrogen) atoms. The van der Waals surface area contributed by atoms with E-state index in [2.05, 4.69) is 15.1 Å². The van der Waals surface area contributed by atoms with Crippen molar-refractivity contribution >= 4 is 27.3 Å². The summed E-state index contributed by atoms with van der Waals surface area (Å²) in [5, 5.41) is 6.78. The third kappa shape index (κ3) is 5.32. The summed E-state index contributed by atoms with van der Waals surface area (Å²) in [6, 6.07) is 17.0. The van der Waals surface area contributed by atoms with Gasteiger partial charge in [-0.05, 0) is 42.8 Å². The Morgan fingerprint density at radius 3 is 2.47 bits per heavy atom. The maximum absolute atomic E-state index is 12.5. The van der Waals surface area contributed by atoms with Crippen molar-refractivity contribution in [3.05, 3.63) is 82.8 Å². The predicted octanol–water partition coefficient (Wildman–Crippen LogP) is 3.10. The van der Waals surface area contributed by atoms with Gasteiger partial charge in [0.25, 0.3) is 21.5 Å². The minimum atomic E-state index is -3.74. The largest absolute Gasteiger partial charge is 0.321 e. The first kappa shape index (κ1) is 21.3. The van der Waals surface area contributed by atoms with Crippen LogP contribution in [0.2, 0.25) is 0 Å². The topological polar surface area (TPSA) is 110 Å². The number of rotatable bonds is 8. The summed E-state index contributed by atoms with van der Waals surface area (Å²) >= 11 is 0. The van der Waals surface area contributed by atoms with E-state index >= 15 is 0 Å². The number of sulfonamides is 1. The van der Waals surface area contributed by atoms with Gasteiger partial charge in [-0.3, -0.25) is 14.3 Å². The van der Waals surface area contributed by atoms with Crippen molar-refractivity contribution in [1.29, 1.82) is 0 Å². The van der Waals surface area contributed by atoms with E-state index in [0.29, 0.717) is 17.9 Å². The van der Waals surface area contributed by atoms with E-state index in [-0.39, 0.29) is 16.1 Å². The summed E-state index contributed by atoms with van der Waals surface area (Å²) in [6.07, 6.45) is 1.68. The summed E-state index contributed by atoms with van der Waals surface area (Å²) in [5.41, 5.74) is 0.525. The molecule has 2 aromatic carbocycles. The van der Waals surface area contributed by atoms with E-state index in [1.54, 1.807) is 36.4 Å². The Morgan fingerprint density at radius 1 is 1.00 bits per heavy atom. The molecule has 3 rings (SSSR count). The number of carbonyl (C=O) groups is 1. The Bertz CT molecular complexity index is 1190. The highest BCUT2D eigenvalue weighted by Crippen LogP contribution is 2.19. The second-order valence-corrected chi connectivity index (χ2v) is 8.27. The summed E-state index contributed by atoms with van der Waals surface area (Å²) < 4.78 is 28.7. The molecule has 0 fully saturated rings. The smallest absolute Gasteiger partial charge is 0.276 e. The fourth-order valence-electron chi connectivity index (χ4n) is 2.71. The zero-order valence-electron chi connectivity index (χ0n) is 16.4. The van der Waals surface area contributed by atoms with Crippen LogP contribution < -0.4 is 15.6 Å². The molecule has 1 heterocycles. The Balaban J connectivity index is 1.75. The first-order chi connectivity index (χ1) is 14.4. The quantitative estimate of drug-likeness (QED) is 0.575. The Morgan fingerprint density at radius 2 is 1.73 bits per heavy atom. The molecule has 0 saturated carbocycles. The van der Waals surface area contributed by atoms with E-state index in [1.807, 2.05) is 6.92 Å². The molecule has 0 aliphatic rings. The van der Waals surface area contributed by atoms with Crippen LogP contribution in [0.1, 0.15) is 30.3 Å². The highest BCUT2D eigenvalue weighted by molar-refractivity contribution is 7.92. The third-order valence-corrected chi connectivity index (χ3v) is 5.65. The van der Waals surface area contributed by atoms with Crippen LogP contribution in [-0.2, 0) is 16.6 Å². The van der Waals surface area contributed by atoms with Gasteiger partial charge in [-0.2, -0.15) is 5.10 Å². The molecular formula is C21H22N4O4S. The number of hydrogen-bond acceptors (Lipinski definition) is 5. The van der Waals surface area contributed by atoms with Crippen molar-refractivity contribution in [2.45, 2.75) is 31.2 Å². The fraction of sp³-hybridized carbons (Fsp3) is 0.190. The minimum absolute atomic E-state index is 0.0981. The van der Waals surface area contributed by atoms with Gasteiger partial charge < -0.3 is 5.32 Å². The van der Waals surface area contributed by atoms with Gasteiger partial charge in [-0.25, -0.2) is 13.1 Å². The molecule has 9 heteroatoms. The van der Waals surface area contributed by atoms with Gasteiger partial charge in [0.1, 0.15) is 5.69 Å². The number of nitrogens with one attached hydrogen (secondary N) is 2. The summed E-state index contributed by atoms with van der Waals surface area (Å²) in [5.74, 6) is -0.497. The van der Waals surface area contributed by atoms with Gasteiger partial charge in [-0.1, -0.05) is 37.6 Å². The third-order valence-electron chi connectivity index (χ3n) is 4.25. The van der Waals surface area contributed by atoms with E-state index < -0.39 is 15.9 Å². The predicted molar refractivity (Wildman–Crippen MR) is 115 cm³/mol. The molecular weight excluding hydrogens is 404 g/mol. The van der Waals surface area contributed by atoms with Crippen molar-refractivity contribution < 1.29 is 13.2 Å². The molecule has 8 nitrogen and oxygen atoms in total. The number of nitrogens with zero attached hydrogens (tertiary/aromatic N) is 2. The lowest BCUT2D eigenvalue weighted by Crippen LogP contribution is -2.26. The van der Waals surface area contributed by atoms with Crippen LogP contribution in [0.4, 0.5) is 11.4 Å². The van der Waals surface area contributed by atoms with Gasteiger partial charge in [0, 0.05) is 18.3 Å². The first-order valence-electron chi connectivity index (χ1n) is 9.46. The van der Waals surface area contributed by atoms with E-state index in [0.717, 1.165) is 12.8 Å². The van der Waals surface area contributed by atoms with Crippen molar-refractivity contribution in [3.63, 3.8) is 0 Å². The molecule has 156 valence electrons. The summed E-state index contributed by atoms with van der Waals surface area (Å²) in [6.45, 7) is 2.44. The van der Waals surface area contributed by atoms with Crippen molar-refractivity contribution in [1.82, 2.24) is 9.78 Å². The van der Waals surface area contributed by atoms with Crippen molar-refractivity contribution in [2.75, 3.05) is 10.0 Å². The molecule has 0 radical (unpaired) electrons. The lowest BCUT2D eigenvalue weighted by atomic mass is 10.2. The zero-order chi connectivity index (χ0) is 21.6. The number of aromatic nitrogens is 2. The highest BCUT2D eigenvalue weighted by Gasteiger charge is 2.14. The number of anilines is 2. The van der Waals surface area contributed by atoms with Crippen LogP contribution in [0.3, 0.4) is 0 Å². The standard InChI is InChI=1S/C21H22N4O4S/c1-2-3-14-25-20(26)13-12-19(23-25)21(27)22-16-8-7-9-17(15-16)24-30(28,29)18-10-5-4-6-11-18/h4-13,15,24H,2-3,14H2,1H3,(H,22,27). The molecule has 1 aromatic heterocycles. The number of hydrogen-bond donors (Lipinski definition) is 2. The Labute approximate surface area is 174 Å². The lowest BCUT2D eigenvalue weighted by Gasteiger charge is -2.11. The SMILES string of the molecule is CCCCn1nc(C(=O)Nc2cccc(NS(=O)(=O)c3ccccc3)c2)ccc1=O. The molecule has 1 amide bonds. The monoisotopic (exact) mass is 426 g/mol. The minimum Gasteiger partial charge on any atom is -0.321 e. The number of amides is 1. The van der Waals surface area contributed by atoms with E-state index in [1.165, 1.54) is 35.0 Å². The number of carbonyl (C=O) groups excluding carboxylic acids is 1. The van der Waals surface area contributed by atoms with Crippen LogP contribution >= 0.6 is 0 Å². The highest BCUT2D eigenvalue weighted by atomic mass is 32.2. The van der Waals surface area contributed by atoms with Crippen molar-refractivity contribution in [3.8, 4) is 0 Å². The number of aryl methyl sites for hydroxylation is 1. The summed E-state index contributed by atoms with van der Waals surface area (Å²) in [7, 11) is -3.74. The van der Waals surface area contributed by atoms with Gasteiger partial charge in [0.2, 0.25) is 0 Å². The van der Waals surface area contributed by atoms with Gasteiger partial charge in [0.05, 0.1) is 10.6 Å². The Hall–Kier alpha value is -3.46. The average Bonchev–Trinajstić information content (AvgIpc) is 2.73. The molecule has 0 unspecified atom stereocenters. The fourth-order valence-corrected chi connectivity index (χ4v) is 3.78. The molecule has 3 aromatic rings. The van der Waals surface area contributed by atoms with Crippen LogP contribution in [0.15, 0.2) is 76.4 Å². The second kappa shape index (κ2) is 9.36. The van der Waals surface area contributed by atoms with Crippen LogP contribution in [0, 0.1) is 0 Å². The summed E-state index contributed by atoms with van der Waals surface area (Å²) in [4.78, 5) is 24.5. The molecule has 0 aliphatic carbocycles. The number of benzene rings is 2. The maximum atomic E-state index is 12.5. The molecule has 0 aliphatic heterocycles. The molecule has 0 spiro atoms. The maximum Gasteiger partial charge on any atom is 0.276 e. The van der Waals surface area contributed by atoms with Crippen molar-refractivity contribution in [2.24, 2.45) is 0 Å². The molecule has 0 bridgehead atoms. The second-order valence-electron chi connectivity index (χ2n) is 6.59. The average molecular weight is 426 g/mol. The van der Waals surface area contributed by atoms with Gasteiger partial charge in [-0.15, -0.1) is 0 Å². The molecule has 0 atom stereocenters. The van der Waals surface area contributed by atoms with Gasteiger partial charge in [0.15, 0.2) is 0 Å². The van der Waals surface area contributed by atoms with Gasteiger partial charge >= 0.3 is 0 Å². The van der Waals surface area contributed by atoms with Crippen LogP contribution in [0.5, 0.6) is 0 Å². The van der Waals surface area contributed by atoms with E-state index in [4.69, 9.17) is 0 Å². The first-order valence-corrected chi connectivity index (χ1v) is 10.9. The normalized spacial score (nSPS) is 11.1. The van der Waals surface area contributed by atoms with Crippen LogP contribution in [-0.4, -0.2) is 24.1 Å². The Kier molecular flexibility index (Phi) is 6.63. The number of unbranched alkanes of at least 4 members (excludes halogenated alkanes) is 1.